The molecule has 1 aliphatic heterocycles. The Hall–Kier alpha value is -2.05. The van der Waals surface area contributed by atoms with E-state index in [-0.39, 0.29) is 29.9 Å². The predicted molar refractivity (Wildman–Crippen MR) is 115 cm³/mol. The summed E-state index contributed by atoms with van der Waals surface area (Å²) < 4.78 is 29.6. The lowest BCUT2D eigenvalue weighted by Gasteiger charge is -2.28. The molecule has 1 saturated heterocycles. The molecule has 1 fully saturated rings. The maximum Gasteiger partial charge on any atom is 0.227 e. The van der Waals surface area contributed by atoms with Gasteiger partial charge in [0.1, 0.15) is 5.75 Å². The molecule has 1 atom stereocenters. The van der Waals surface area contributed by atoms with Crippen molar-refractivity contribution in [2.75, 3.05) is 18.1 Å². The van der Waals surface area contributed by atoms with Gasteiger partial charge in [-0.1, -0.05) is 42.8 Å². The largest absolute Gasteiger partial charge is 0.494 e. The van der Waals surface area contributed by atoms with Gasteiger partial charge < -0.3 is 9.64 Å². The highest BCUT2D eigenvalue weighted by Gasteiger charge is 2.34. The zero-order chi connectivity index (χ0) is 20.9. The number of benzene rings is 2. The van der Waals surface area contributed by atoms with Crippen molar-refractivity contribution < 1.29 is 17.9 Å². The van der Waals surface area contributed by atoms with Crippen molar-refractivity contribution in [3.05, 3.63) is 64.7 Å². The van der Waals surface area contributed by atoms with Gasteiger partial charge in [-0.15, -0.1) is 0 Å². The van der Waals surface area contributed by atoms with Gasteiger partial charge in [0.25, 0.3) is 0 Å². The fourth-order valence-electron chi connectivity index (χ4n) is 3.43. The van der Waals surface area contributed by atoms with Gasteiger partial charge >= 0.3 is 0 Å². The number of sulfone groups is 1. The van der Waals surface area contributed by atoms with Crippen LogP contribution in [0.5, 0.6) is 5.75 Å². The molecule has 2 aromatic rings. The second-order valence-corrected chi connectivity index (χ2v) is 10.0. The topological polar surface area (TPSA) is 63.7 Å². The van der Waals surface area contributed by atoms with Crippen LogP contribution >= 0.6 is 11.6 Å². The van der Waals surface area contributed by atoms with E-state index >= 15 is 0 Å². The van der Waals surface area contributed by atoms with Crippen LogP contribution in [0, 0.1) is 0 Å². The fraction of sp³-hybridized carbons (Fsp3) is 0.409. The van der Waals surface area contributed by atoms with E-state index in [1.807, 2.05) is 43.3 Å². The fourth-order valence-corrected chi connectivity index (χ4v) is 5.28. The SMILES string of the molecule is CCCOc1ccc(CN(C(=O)Cc2ccc(Cl)cc2)C2CCS(=O)(=O)C2)cc1. The van der Waals surface area contributed by atoms with Crippen molar-refractivity contribution >= 4 is 27.3 Å². The third kappa shape index (κ3) is 6.21. The van der Waals surface area contributed by atoms with Crippen molar-refractivity contribution in [1.29, 1.82) is 0 Å². The van der Waals surface area contributed by atoms with Crippen molar-refractivity contribution in [3.8, 4) is 5.75 Å². The van der Waals surface area contributed by atoms with Crippen molar-refractivity contribution in [2.45, 2.75) is 38.8 Å². The summed E-state index contributed by atoms with van der Waals surface area (Å²) in [6.45, 7) is 3.08. The molecule has 0 saturated carbocycles. The van der Waals surface area contributed by atoms with E-state index in [9.17, 15) is 13.2 Å². The molecule has 1 aliphatic rings. The first-order valence-corrected chi connectivity index (χ1v) is 12.0. The molecule has 5 nitrogen and oxygen atoms in total. The highest BCUT2D eigenvalue weighted by atomic mass is 35.5. The molecule has 156 valence electrons. The van der Waals surface area contributed by atoms with Gasteiger partial charge in [-0.05, 0) is 48.2 Å². The first-order chi connectivity index (χ1) is 13.9. The number of carbonyl (C=O) groups is 1. The molecular weight excluding hydrogens is 410 g/mol. The van der Waals surface area contributed by atoms with Crippen LogP contribution in [-0.2, 0) is 27.6 Å². The summed E-state index contributed by atoms with van der Waals surface area (Å²) in [4.78, 5) is 14.8. The van der Waals surface area contributed by atoms with E-state index in [0.29, 0.717) is 24.6 Å². The average molecular weight is 436 g/mol. The van der Waals surface area contributed by atoms with Gasteiger partial charge in [0.15, 0.2) is 9.84 Å². The second-order valence-electron chi connectivity index (χ2n) is 7.37. The molecular formula is C22H26ClNO4S. The molecule has 0 N–H and O–H groups in total. The van der Waals surface area contributed by atoms with Crippen LogP contribution in [-0.4, -0.2) is 43.4 Å². The molecule has 0 spiro atoms. The van der Waals surface area contributed by atoms with Crippen LogP contribution in [0.4, 0.5) is 0 Å². The quantitative estimate of drug-likeness (QED) is 0.631. The van der Waals surface area contributed by atoms with Gasteiger partial charge in [0.05, 0.1) is 24.5 Å². The lowest BCUT2D eigenvalue weighted by atomic mass is 10.1. The van der Waals surface area contributed by atoms with Gasteiger partial charge in [0, 0.05) is 17.6 Å². The number of amides is 1. The van der Waals surface area contributed by atoms with Crippen LogP contribution < -0.4 is 4.74 Å². The summed E-state index contributed by atoms with van der Waals surface area (Å²) in [6, 6.07) is 14.5. The summed E-state index contributed by atoms with van der Waals surface area (Å²) in [7, 11) is -3.09. The van der Waals surface area contributed by atoms with E-state index in [2.05, 4.69) is 0 Å². The molecule has 29 heavy (non-hydrogen) atoms. The van der Waals surface area contributed by atoms with E-state index in [4.69, 9.17) is 16.3 Å². The first-order valence-electron chi connectivity index (χ1n) is 9.82. The number of hydrogen-bond acceptors (Lipinski definition) is 4. The average Bonchev–Trinajstić information content (AvgIpc) is 3.06. The third-order valence-electron chi connectivity index (χ3n) is 4.99. The number of ether oxygens (including phenoxy) is 1. The minimum Gasteiger partial charge on any atom is -0.494 e. The molecule has 0 radical (unpaired) electrons. The lowest BCUT2D eigenvalue weighted by Crippen LogP contribution is -2.41. The van der Waals surface area contributed by atoms with E-state index in [1.54, 1.807) is 17.0 Å². The van der Waals surface area contributed by atoms with Crippen LogP contribution in [0.15, 0.2) is 48.5 Å². The van der Waals surface area contributed by atoms with Crippen molar-refractivity contribution in [1.82, 2.24) is 4.90 Å². The lowest BCUT2D eigenvalue weighted by molar-refractivity contribution is -0.133. The Kier molecular flexibility index (Phi) is 7.19. The van der Waals surface area contributed by atoms with Gasteiger partial charge in [-0.3, -0.25) is 4.79 Å². The summed E-state index contributed by atoms with van der Waals surface area (Å²) in [6.07, 6.45) is 1.63. The highest BCUT2D eigenvalue weighted by molar-refractivity contribution is 7.91. The Balaban J connectivity index is 1.75. The molecule has 1 heterocycles. The first kappa shape index (κ1) is 21.7. The number of nitrogens with zero attached hydrogens (tertiary/aromatic N) is 1. The Bertz CT molecular complexity index is 926. The molecule has 0 aliphatic carbocycles. The Morgan fingerprint density at radius 3 is 2.34 bits per heavy atom. The third-order valence-corrected chi connectivity index (χ3v) is 6.99. The van der Waals surface area contributed by atoms with E-state index < -0.39 is 9.84 Å². The second kappa shape index (κ2) is 9.63. The maximum absolute atomic E-state index is 13.1. The van der Waals surface area contributed by atoms with Gasteiger partial charge in [-0.25, -0.2) is 8.42 Å². The van der Waals surface area contributed by atoms with E-state index in [1.165, 1.54) is 0 Å². The monoisotopic (exact) mass is 435 g/mol. The molecule has 0 bridgehead atoms. The number of carbonyl (C=O) groups excluding carboxylic acids is 1. The standard InChI is InChI=1S/C22H26ClNO4S/c1-2-12-28-21-9-5-18(6-10-21)15-24(20-11-13-29(26,27)16-20)22(25)14-17-3-7-19(23)8-4-17/h3-10,20H,2,11-16H2,1H3. The zero-order valence-electron chi connectivity index (χ0n) is 16.5. The summed E-state index contributed by atoms with van der Waals surface area (Å²) >= 11 is 5.93. The van der Waals surface area contributed by atoms with Crippen molar-refractivity contribution in [2.24, 2.45) is 0 Å². The Labute approximate surface area is 177 Å². The van der Waals surface area contributed by atoms with Crippen molar-refractivity contribution in [3.63, 3.8) is 0 Å². The maximum atomic E-state index is 13.1. The minimum absolute atomic E-state index is 0.0249. The highest BCUT2D eigenvalue weighted by Crippen LogP contribution is 2.23. The van der Waals surface area contributed by atoms with Gasteiger partial charge in [-0.2, -0.15) is 0 Å². The van der Waals surface area contributed by atoms with E-state index in [0.717, 1.165) is 23.3 Å². The summed E-state index contributed by atoms with van der Waals surface area (Å²) in [5.41, 5.74) is 1.80. The number of halogens is 1. The van der Waals surface area contributed by atoms with Crippen LogP contribution in [0.3, 0.4) is 0 Å². The van der Waals surface area contributed by atoms with Crippen LogP contribution in [0.25, 0.3) is 0 Å². The van der Waals surface area contributed by atoms with Gasteiger partial charge in [0.2, 0.25) is 5.91 Å². The van der Waals surface area contributed by atoms with Crippen LogP contribution in [0.1, 0.15) is 30.9 Å². The molecule has 1 unspecified atom stereocenters. The Morgan fingerprint density at radius 2 is 1.76 bits per heavy atom. The normalized spacial score (nSPS) is 17.8. The minimum atomic E-state index is -3.09. The summed E-state index contributed by atoms with van der Waals surface area (Å²) in [5, 5.41) is 0.616. The summed E-state index contributed by atoms with van der Waals surface area (Å²) in [5.74, 6) is 0.863. The molecule has 7 heteroatoms. The molecule has 0 aromatic heterocycles. The molecule has 2 aromatic carbocycles. The zero-order valence-corrected chi connectivity index (χ0v) is 18.1. The van der Waals surface area contributed by atoms with Crippen LogP contribution in [0.2, 0.25) is 5.02 Å². The predicted octanol–water partition coefficient (Wildman–Crippen LogP) is 3.89. The Morgan fingerprint density at radius 1 is 1.10 bits per heavy atom. The smallest absolute Gasteiger partial charge is 0.227 e. The number of rotatable bonds is 8. The molecule has 1 amide bonds. The number of hydrogen-bond donors (Lipinski definition) is 0. The molecule has 3 rings (SSSR count).